The van der Waals surface area contributed by atoms with Gasteiger partial charge in [0.2, 0.25) is 0 Å². The highest BCUT2D eigenvalue weighted by Gasteiger charge is 2.41. The Morgan fingerprint density at radius 1 is 1.24 bits per heavy atom. The molecule has 0 aromatic carbocycles. The third-order valence-electron chi connectivity index (χ3n) is 4.51. The summed E-state index contributed by atoms with van der Waals surface area (Å²) in [5.41, 5.74) is 0. The van der Waals surface area contributed by atoms with Crippen molar-refractivity contribution in [3.63, 3.8) is 0 Å². The van der Waals surface area contributed by atoms with Crippen LogP contribution in [0, 0.1) is 0 Å². The van der Waals surface area contributed by atoms with Gasteiger partial charge in [-0.05, 0) is 33.2 Å². The van der Waals surface area contributed by atoms with Crippen molar-refractivity contribution in [1.29, 1.82) is 0 Å². The Kier molecular flexibility index (Phi) is 4.45. The monoisotopic (exact) mass is 241 g/mol. The van der Waals surface area contributed by atoms with Crippen molar-refractivity contribution in [3.8, 4) is 0 Å². The zero-order chi connectivity index (χ0) is 12.3. The normalized spacial score (nSPS) is 26.8. The van der Waals surface area contributed by atoms with Crippen molar-refractivity contribution in [2.24, 2.45) is 0 Å². The Morgan fingerprint density at radius 3 is 2.35 bits per heavy atom. The molecule has 2 rings (SSSR count). The highest BCUT2D eigenvalue weighted by molar-refractivity contribution is 4.87. The molecule has 3 nitrogen and oxygen atoms in total. The van der Waals surface area contributed by atoms with Crippen LogP contribution in [-0.4, -0.2) is 43.0 Å². The van der Waals surface area contributed by atoms with E-state index in [0.29, 0.717) is 6.04 Å². The Hall–Kier alpha value is -0.120. The van der Waals surface area contributed by atoms with Gasteiger partial charge in [0, 0.05) is 24.9 Å². The Labute approximate surface area is 105 Å². The van der Waals surface area contributed by atoms with Crippen molar-refractivity contribution < 1.29 is 9.47 Å². The molecule has 17 heavy (non-hydrogen) atoms. The first-order chi connectivity index (χ1) is 8.17. The highest BCUT2D eigenvalue weighted by Crippen LogP contribution is 2.37. The fourth-order valence-corrected chi connectivity index (χ4v) is 3.22. The summed E-state index contributed by atoms with van der Waals surface area (Å²) in [6.45, 7) is 6.18. The van der Waals surface area contributed by atoms with E-state index in [-0.39, 0.29) is 5.79 Å². The van der Waals surface area contributed by atoms with Crippen LogP contribution in [-0.2, 0) is 9.47 Å². The molecule has 0 N–H and O–H groups in total. The number of nitrogens with zero attached hydrogens (tertiary/aromatic N) is 1. The lowest BCUT2D eigenvalue weighted by molar-refractivity contribution is -0.184. The SMILES string of the molecule is CCCC(C)N(C)C1CCC2(CC1)OCCO2. The second-order valence-electron chi connectivity index (χ2n) is 5.64. The summed E-state index contributed by atoms with van der Waals surface area (Å²) in [7, 11) is 2.28. The lowest BCUT2D eigenvalue weighted by Crippen LogP contribution is -2.45. The minimum absolute atomic E-state index is 0.203. The van der Waals surface area contributed by atoms with Gasteiger partial charge in [-0.1, -0.05) is 13.3 Å². The van der Waals surface area contributed by atoms with Gasteiger partial charge in [-0.3, -0.25) is 0 Å². The van der Waals surface area contributed by atoms with Gasteiger partial charge in [0.1, 0.15) is 0 Å². The summed E-state index contributed by atoms with van der Waals surface area (Å²) in [5, 5.41) is 0. The summed E-state index contributed by atoms with van der Waals surface area (Å²) in [4.78, 5) is 2.56. The molecule has 100 valence electrons. The Balaban J connectivity index is 1.81. The van der Waals surface area contributed by atoms with E-state index in [1.807, 2.05) is 0 Å². The first kappa shape index (κ1) is 13.3. The topological polar surface area (TPSA) is 21.7 Å². The van der Waals surface area contributed by atoms with Gasteiger partial charge >= 0.3 is 0 Å². The van der Waals surface area contributed by atoms with Crippen molar-refractivity contribution in [3.05, 3.63) is 0 Å². The number of hydrogen-bond acceptors (Lipinski definition) is 3. The maximum absolute atomic E-state index is 5.78. The molecular formula is C14H27NO2. The average molecular weight is 241 g/mol. The summed E-state index contributed by atoms with van der Waals surface area (Å²) in [5.74, 6) is -0.203. The van der Waals surface area contributed by atoms with Crippen LogP contribution in [0.15, 0.2) is 0 Å². The van der Waals surface area contributed by atoms with Crippen molar-refractivity contribution in [2.75, 3.05) is 20.3 Å². The van der Waals surface area contributed by atoms with Gasteiger partial charge in [0.05, 0.1) is 13.2 Å². The second-order valence-corrected chi connectivity index (χ2v) is 5.64. The molecule has 2 aliphatic rings. The Bertz CT molecular complexity index is 228. The summed E-state index contributed by atoms with van der Waals surface area (Å²) >= 11 is 0. The van der Waals surface area contributed by atoms with Crippen molar-refractivity contribution in [2.45, 2.75) is 70.2 Å². The molecule has 1 spiro atoms. The minimum Gasteiger partial charge on any atom is -0.348 e. The van der Waals surface area contributed by atoms with Crippen molar-refractivity contribution >= 4 is 0 Å². The fourth-order valence-electron chi connectivity index (χ4n) is 3.22. The van der Waals surface area contributed by atoms with E-state index in [9.17, 15) is 0 Å². The molecular weight excluding hydrogens is 214 g/mol. The molecule has 0 aromatic heterocycles. The fraction of sp³-hybridized carbons (Fsp3) is 1.00. The summed E-state index contributed by atoms with van der Waals surface area (Å²) in [6.07, 6.45) is 7.14. The molecule has 1 saturated heterocycles. The molecule has 1 aliphatic heterocycles. The van der Waals surface area contributed by atoms with Crippen molar-refractivity contribution in [1.82, 2.24) is 4.90 Å². The predicted molar refractivity (Wildman–Crippen MR) is 69.0 cm³/mol. The molecule has 0 bridgehead atoms. The van der Waals surface area contributed by atoms with E-state index in [2.05, 4.69) is 25.8 Å². The lowest BCUT2D eigenvalue weighted by atomic mass is 9.88. The van der Waals surface area contributed by atoms with Gasteiger partial charge in [0.25, 0.3) is 0 Å². The van der Waals surface area contributed by atoms with Crippen LogP contribution in [0.1, 0.15) is 52.4 Å². The molecule has 0 radical (unpaired) electrons. The van der Waals surface area contributed by atoms with Gasteiger partial charge in [-0.25, -0.2) is 0 Å². The van der Waals surface area contributed by atoms with E-state index in [4.69, 9.17) is 9.47 Å². The minimum atomic E-state index is -0.203. The van der Waals surface area contributed by atoms with E-state index in [1.54, 1.807) is 0 Å². The second kappa shape index (κ2) is 5.68. The standard InChI is InChI=1S/C14H27NO2/c1-4-5-12(2)15(3)13-6-8-14(9-7-13)16-10-11-17-14/h12-13H,4-11H2,1-3H3. The first-order valence-electron chi connectivity index (χ1n) is 7.17. The maximum atomic E-state index is 5.78. The third kappa shape index (κ3) is 3.01. The van der Waals surface area contributed by atoms with E-state index in [1.165, 1.54) is 25.7 Å². The molecule has 1 unspecified atom stereocenters. The van der Waals surface area contributed by atoms with Crippen LogP contribution in [0.25, 0.3) is 0 Å². The molecule has 1 aliphatic carbocycles. The van der Waals surface area contributed by atoms with Crippen LogP contribution < -0.4 is 0 Å². The zero-order valence-corrected chi connectivity index (χ0v) is 11.6. The van der Waals surface area contributed by atoms with Gasteiger partial charge in [-0.2, -0.15) is 0 Å². The molecule has 0 aromatic rings. The number of ether oxygens (including phenoxy) is 2. The van der Waals surface area contributed by atoms with Gasteiger partial charge in [0.15, 0.2) is 5.79 Å². The van der Waals surface area contributed by atoms with Crippen LogP contribution in [0.2, 0.25) is 0 Å². The van der Waals surface area contributed by atoms with Crippen LogP contribution in [0.5, 0.6) is 0 Å². The summed E-state index contributed by atoms with van der Waals surface area (Å²) in [6, 6.07) is 1.42. The lowest BCUT2D eigenvalue weighted by Gasteiger charge is -2.41. The number of rotatable bonds is 4. The Morgan fingerprint density at radius 2 is 1.82 bits per heavy atom. The van der Waals surface area contributed by atoms with E-state index < -0.39 is 0 Å². The highest BCUT2D eigenvalue weighted by atomic mass is 16.7. The molecule has 1 heterocycles. The zero-order valence-electron chi connectivity index (χ0n) is 11.6. The average Bonchev–Trinajstić information content (AvgIpc) is 2.78. The first-order valence-corrected chi connectivity index (χ1v) is 7.17. The molecule has 1 saturated carbocycles. The van der Waals surface area contributed by atoms with E-state index >= 15 is 0 Å². The van der Waals surface area contributed by atoms with Crippen LogP contribution in [0.3, 0.4) is 0 Å². The summed E-state index contributed by atoms with van der Waals surface area (Å²) < 4.78 is 11.6. The van der Waals surface area contributed by atoms with Gasteiger partial charge < -0.3 is 14.4 Å². The van der Waals surface area contributed by atoms with Gasteiger partial charge in [-0.15, -0.1) is 0 Å². The largest absolute Gasteiger partial charge is 0.348 e. The van der Waals surface area contributed by atoms with Crippen LogP contribution >= 0.6 is 0 Å². The van der Waals surface area contributed by atoms with Crippen LogP contribution in [0.4, 0.5) is 0 Å². The predicted octanol–water partition coefficient (Wildman–Crippen LogP) is 2.79. The van der Waals surface area contributed by atoms with E-state index in [0.717, 1.165) is 32.1 Å². The number of hydrogen-bond donors (Lipinski definition) is 0. The maximum Gasteiger partial charge on any atom is 0.168 e. The quantitative estimate of drug-likeness (QED) is 0.755. The smallest absolute Gasteiger partial charge is 0.168 e. The molecule has 3 heteroatoms. The molecule has 2 fully saturated rings. The third-order valence-corrected chi connectivity index (χ3v) is 4.51. The molecule has 1 atom stereocenters. The molecule has 0 amide bonds.